The molecule has 3 nitrogen and oxygen atoms in total. The van der Waals surface area contributed by atoms with Crippen LogP contribution in [0.4, 0.5) is 5.69 Å². The van der Waals surface area contributed by atoms with Crippen LogP contribution >= 0.6 is 0 Å². The molecule has 1 aliphatic rings. The number of benzene rings is 2. The van der Waals surface area contributed by atoms with E-state index in [9.17, 15) is 0 Å². The van der Waals surface area contributed by atoms with Crippen LogP contribution in [0.3, 0.4) is 0 Å². The molecule has 0 amide bonds. The quantitative estimate of drug-likeness (QED) is 0.627. The summed E-state index contributed by atoms with van der Waals surface area (Å²) < 4.78 is 11.1. The Morgan fingerprint density at radius 2 is 1.58 bits per heavy atom. The lowest BCUT2D eigenvalue weighted by molar-refractivity contribution is 0.246. The summed E-state index contributed by atoms with van der Waals surface area (Å²) in [5.41, 5.74) is 2.44. The first kappa shape index (κ1) is 18.6. The zero-order valence-corrected chi connectivity index (χ0v) is 15.9. The van der Waals surface area contributed by atoms with Gasteiger partial charge in [-0.25, -0.2) is 0 Å². The molecule has 3 heteroatoms. The van der Waals surface area contributed by atoms with Crippen molar-refractivity contribution >= 4 is 5.69 Å². The van der Waals surface area contributed by atoms with Crippen LogP contribution in [0, 0.1) is 5.92 Å². The van der Waals surface area contributed by atoms with E-state index in [4.69, 9.17) is 9.47 Å². The third-order valence-corrected chi connectivity index (χ3v) is 5.28. The van der Waals surface area contributed by atoms with Crippen molar-refractivity contribution in [1.82, 2.24) is 0 Å². The summed E-state index contributed by atoms with van der Waals surface area (Å²) in [5, 5.41) is 3.47. The monoisotopic (exact) mass is 353 g/mol. The van der Waals surface area contributed by atoms with Gasteiger partial charge in [-0.05, 0) is 60.7 Å². The van der Waals surface area contributed by atoms with Crippen molar-refractivity contribution in [2.45, 2.75) is 44.9 Å². The van der Waals surface area contributed by atoms with E-state index in [1.807, 2.05) is 12.1 Å². The Bertz CT molecular complexity index is 630. The van der Waals surface area contributed by atoms with Gasteiger partial charge < -0.3 is 14.8 Å². The first-order chi connectivity index (χ1) is 12.8. The summed E-state index contributed by atoms with van der Waals surface area (Å²) in [7, 11) is 1.69. The van der Waals surface area contributed by atoms with Crippen LogP contribution in [-0.2, 0) is 6.42 Å². The Hall–Kier alpha value is -2.16. The van der Waals surface area contributed by atoms with Gasteiger partial charge in [0.15, 0.2) is 0 Å². The minimum absolute atomic E-state index is 0.842. The van der Waals surface area contributed by atoms with Gasteiger partial charge in [0.05, 0.1) is 13.7 Å². The average Bonchev–Trinajstić information content (AvgIpc) is 2.70. The Morgan fingerprint density at radius 1 is 0.885 bits per heavy atom. The number of nitrogens with one attached hydrogen (secondary N) is 1. The number of anilines is 1. The first-order valence-corrected chi connectivity index (χ1v) is 9.93. The largest absolute Gasteiger partial charge is 0.497 e. The molecule has 0 spiro atoms. The Balaban J connectivity index is 1.35. The van der Waals surface area contributed by atoms with E-state index in [1.54, 1.807) is 7.11 Å². The molecule has 1 saturated carbocycles. The highest BCUT2D eigenvalue weighted by Gasteiger charge is 2.13. The molecule has 1 N–H and O–H groups in total. The maximum atomic E-state index is 5.92. The summed E-state index contributed by atoms with van der Waals surface area (Å²) in [4.78, 5) is 0. The second kappa shape index (κ2) is 10.1. The summed E-state index contributed by atoms with van der Waals surface area (Å²) in [6.45, 7) is 1.75. The normalized spacial score (nSPS) is 14.8. The molecule has 0 heterocycles. The molecule has 0 bridgehead atoms. The van der Waals surface area contributed by atoms with Gasteiger partial charge in [0.25, 0.3) is 0 Å². The lowest BCUT2D eigenvalue weighted by Crippen LogP contribution is -2.10. The predicted octanol–water partition coefficient (Wildman–Crippen LogP) is 5.70. The van der Waals surface area contributed by atoms with E-state index in [0.717, 1.165) is 42.7 Å². The molecule has 2 aromatic carbocycles. The highest BCUT2D eigenvalue weighted by molar-refractivity contribution is 5.46. The molecule has 1 aliphatic carbocycles. The van der Waals surface area contributed by atoms with Crippen molar-refractivity contribution < 1.29 is 9.47 Å². The molecule has 1 fully saturated rings. The summed E-state index contributed by atoms with van der Waals surface area (Å²) in [6.07, 6.45) is 9.19. The smallest absolute Gasteiger partial charge is 0.119 e. The molecule has 0 saturated heterocycles. The third kappa shape index (κ3) is 5.98. The van der Waals surface area contributed by atoms with E-state index in [0.29, 0.717) is 0 Å². The third-order valence-electron chi connectivity index (χ3n) is 5.28. The van der Waals surface area contributed by atoms with Crippen molar-refractivity contribution in [3.8, 4) is 11.5 Å². The highest BCUT2D eigenvalue weighted by Crippen LogP contribution is 2.26. The van der Waals surface area contributed by atoms with Crippen molar-refractivity contribution in [2.24, 2.45) is 5.92 Å². The topological polar surface area (TPSA) is 30.5 Å². The van der Waals surface area contributed by atoms with Gasteiger partial charge in [0, 0.05) is 12.2 Å². The van der Waals surface area contributed by atoms with Crippen LogP contribution < -0.4 is 14.8 Å². The molecule has 2 aromatic rings. The minimum Gasteiger partial charge on any atom is -0.497 e. The summed E-state index contributed by atoms with van der Waals surface area (Å²) in [5.74, 6) is 2.75. The van der Waals surface area contributed by atoms with E-state index < -0.39 is 0 Å². The fourth-order valence-corrected chi connectivity index (χ4v) is 3.63. The van der Waals surface area contributed by atoms with Crippen LogP contribution in [-0.4, -0.2) is 20.3 Å². The second-order valence-electron chi connectivity index (χ2n) is 7.19. The van der Waals surface area contributed by atoms with Gasteiger partial charge in [0.1, 0.15) is 11.5 Å². The van der Waals surface area contributed by atoms with E-state index in [-0.39, 0.29) is 0 Å². The maximum absolute atomic E-state index is 5.92. The molecule has 140 valence electrons. The summed E-state index contributed by atoms with van der Waals surface area (Å²) >= 11 is 0. The van der Waals surface area contributed by atoms with Crippen molar-refractivity contribution in [3.63, 3.8) is 0 Å². The number of methoxy groups -OCH3 is 1. The second-order valence-corrected chi connectivity index (χ2v) is 7.19. The zero-order chi connectivity index (χ0) is 18.0. The maximum Gasteiger partial charge on any atom is 0.119 e. The van der Waals surface area contributed by atoms with E-state index in [2.05, 4.69) is 41.7 Å². The number of ether oxygens (including phenoxy) is 2. The number of hydrogen-bond donors (Lipinski definition) is 1. The fraction of sp³-hybridized carbons (Fsp3) is 0.478. The molecule has 0 atom stereocenters. The Morgan fingerprint density at radius 3 is 2.27 bits per heavy atom. The van der Waals surface area contributed by atoms with Crippen LogP contribution in [0.15, 0.2) is 48.5 Å². The standard InChI is InChI=1S/C23H31NO2/c1-25-22-11-7-20(8-12-22)15-17-24-21-9-13-23(14-10-21)26-18-16-19-5-3-2-4-6-19/h7-14,19,24H,2-6,15-18H2,1H3. The van der Waals surface area contributed by atoms with Gasteiger partial charge >= 0.3 is 0 Å². The lowest BCUT2D eigenvalue weighted by atomic mass is 9.87. The van der Waals surface area contributed by atoms with E-state index >= 15 is 0 Å². The molecular weight excluding hydrogens is 322 g/mol. The average molecular weight is 354 g/mol. The molecule has 0 unspecified atom stereocenters. The molecule has 26 heavy (non-hydrogen) atoms. The number of rotatable bonds is 9. The summed E-state index contributed by atoms with van der Waals surface area (Å²) in [6, 6.07) is 16.6. The molecule has 0 aromatic heterocycles. The Kier molecular flexibility index (Phi) is 7.24. The van der Waals surface area contributed by atoms with Gasteiger partial charge in [-0.3, -0.25) is 0 Å². The van der Waals surface area contributed by atoms with E-state index in [1.165, 1.54) is 44.1 Å². The minimum atomic E-state index is 0.842. The van der Waals surface area contributed by atoms with Gasteiger partial charge in [-0.2, -0.15) is 0 Å². The van der Waals surface area contributed by atoms with Crippen LogP contribution in [0.2, 0.25) is 0 Å². The highest BCUT2D eigenvalue weighted by atomic mass is 16.5. The molecule has 0 aliphatic heterocycles. The molecular formula is C23H31NO2. The van der Waals surface area contributed by atoms with Crippen LogP contribution in [0.25, 0.3) is 0 Å². The predicted molar refractivity (Wildman–Crippen MR) is 108 cm³/mol. The van der Waals surface area contributed by atoms with Crippen molar-refractivity contribution in [1.29, 1.82) is 0 Å². The van der Waals surface area contributed by atoms with Gasteiger partial charge in [-0.15, -0.1) is 0 Å². The SMILES string of the molecule is COc1ccc(CCNc2ccc(OCCC3CCCCC3)cc2)cc1. The Labute approximate surface area is 157 Å². The van der Waals surface area contributed by atoms with Crippen LogP contribution in [0.1, 0.15) is 44.1 Å². The van der Waals surface area contributed by atoms with Crippen LogP contribution in [0.5, 0.6) is 11.5 Å². The first-order valence-electron chi connectivity index (χ1n) is 9.93. The van der Waals surface area contributed by atoms with Gasteiger partial charge in [0.2, 0.25) is 0 Å². The lowest BCUT2D eigenvalue weighted by Gasteiger charge is -2.21. The molecule has 0 radical (unpaired) electrons. The van der Waals surface area contributed by atoms with Crippen molar-refractivity contribution in [2.75, 3.05) is 25.6 Å². The molecule has 3 rings (SSSR count). The fourth-order valence-electron chi connectivity index (χ4n) is 3.63. The van der Waals surface area contributed by atoms with Gasteiger partial charge in [-0.1, -0.05) is 44.2 Å². The zero-order valence-electron chi connectivity index (χ0n) is 15.9. The number of hydrogen-bond acceptors (Lipinski definition) is 3. The van der Waals surface area contributed by atoms with Crippen molar-refractivity contribution in [3.05, 3.63) is 54.1 Å².